The maximum atomic E-state index is 12.5. The lowest BCUT2D eigenvalue weighted by molar-refractivity contribution is -0.122. The van der Waals surface area contributed by atoms with Crippen LogP contribution in [0.1, 0.15) is 32.3 Å². The molecule has 6 nitrogen and oxygen atoms in total. The number of nitrogens with one attached hydrogen (secondary N) is 1. The Kier molecular flexibility index (Phi) is 6.36. The van der Waals surface area contributed by atoms with E-state index in [1.165, 1.54) is 22.0 Å². The van der Waals surface area contributed by atoms with E-state index in [-0.39, 0.29) is 10.8 Å². The zero-order chi connectivity index (χ0) is 20.1. The molecule has 1 N–H and O–H groups in total. The first-order chi connectivity index (χ1) is 13.4. The highest BCUT2D eigenvalue weighted by molar-refractivity contribution is 7.89. The Balaban J connectivity index is 1.60. The molecular weight excluding hydrogens is 376 g/mol. The summed E-state index contributed by atoms with van der Waals surface area (Å²) in [7, 11) is -3.45. The Labute approximate surface area is 166 Å². The van der Waals surface area contributed by atoms with E-state index in [0.717, 1.165) is 19.3 Å². The van der Waals surface area contributed by atoms with Crippen molar-refractivity contribution in [2.45, 2.75) is 44.1 Å². The normalized spacial score (nSPS) is 15.9. The van der Waals surface area contributed by atoms with Gasteiger partial charge in [-0.3, -0.25) is 4.79 Å². The number of anilines is 1. The van der Waals surface area contributed by atoms with Crippen molar-refractivity contribution in [3.8, 4) is 5.75 Å². The zero-order valence-electron chi connectivity index (χ0n) is 16.2. The molecule has 1 amide bonds. The Bertz CT molecular complexity index is 902. The molecule has 0 bridgehead atoms. The molecule has 0 spiro atoms. The van der Waals surface area contributed by atoms with Crippen LogP contribution in [0.25, 0.3) is 0 Å². The standard InChI is InChI=1S/C21H26N2O4S/c1-3-17-6-10-19(11-7-17)27-16(2)21(24)22-18-8-12-20(13-9-18)28(25,26)23-14-4-5-15-23/h6-13,16H,3-5,14-15H2,1-2H3,(H,22,24)/t16-/m1/s1. The topological polar surface area (TPSA) is 75.7 Å². The average Bonchev–Trinajstić information content (AvgIpc) is 3.25. The van der Waals surface area contributed by atoms with Crippen LogP contribution < -0.4 is 10.1 Å². The summed E-state index contributed by atoms with van der Waals surface area (Å²) in [5.41, 5.74) is 1.73. The number of amides is 1. The molecule has 7 heteroatoms. The smallest absolute Gasteiger partial charge is 0.265 e. The lowest BCUT2D eigenvalue weighted by Gasteiger charge is -2.17. The second kappa shape index (κ2) is 8.75. The molecule has 1 aliphatic rings. The van der Waals surface area contributed by atoms with Gasteiger partial charge >= 0.3 is 0 Å². The minimum Gasteiger partial charge on any atom is -0.481 e. The first-order valence-corrected chi connectivity index (χ1v) is 11.0. The van der Waals surface area contributed by atoms with Crippen LogP contribution in [0.15, 0.2) is 53.4 Å². The highest BCUT2D eigenvalue weighted by Gasteiger charge is 2.27. The van der Waals surface area contributed by atoms with Gasteiger partial charge in [0, 0.05) is 18.8 Å². The number of carbonyl (C=O) groups is 1. The monoisotopic (exact) mass is 402 g/mol. The minimum atomic E-state index is -3.45. The van der Waals surface area contributed by atoms with Gasteiger partial charge in [-0.2, -0.15) is 4.31 Å². The van der Waals surface area contributed by atoms with Crippen LogP contribution >= 0.6 is 0 Å². The van der Waals surface area contributed by atoms with E-state index in [1.807, 2.05) is 24.3 Å². The van der Waals surface area contributed by atoms with Gasteiger partial charge in [-0.05, 0) is 68.1 Å². The van der Waals surface area contributed by atoms with Gasteiger partial charge in [-0.1, -0.05) is 19.1 Å². The molecule has 1 fully saturated rings. The Morgan fingerprint density at radius 2 is 1.68 bits per heavy atom. The quantitative estimate of drug-likeness (QED) is 0.770. The molecule has 1 aliphatic heterocycles. The van der Waals surface area contributed by atoms with Crippen molar-refractivity contribution in [3.05, 3.63) is 54.1 Å². The van der Waals surface area contributed by atoms with Gasteiger partial charge in [0.1, 0.15) is 5.75 Å². The molecule has 0 aromatic heterocycles. The molecule has 0 aliphatic carbocycles. The summed E-state index contributed by atoms with van der Waals surface area (Å²) in [4.78, 5) is 12.6. The minimum absolute atomic E-state index is 0.243. The van der Waals surface area contributed by atoms with Crippen molar-refractivity contribution < 1.29 is 17.9 Å². The summed E-state index contributed by atoms with van der Waals surface area (Å²) >= 11 is 0. The third-order valence-corrected chi connectivity index (χ3v) is 6.75. The fourth-order valence-corrected chi connectivity index (χ4v) is 4.61. The van der Waals surface area contributed by atoms with E-state index >= 15 is 0 Å². The van der Waals surface area contributed by atoms with Crippen LogP contribution in [0.4, 0.5) is 5.69 Å². The lowest BCUT2D eigenvalue weighted by atomic mass is 10.2. The molecule has 2 aromatic carbocycles. The highest BCUT2D eigenvalue weighted by atomic mass is 32.2. The lowest BCUT2D eigenvalue weighted by Crippen LogP contribution is -2.30. The largest absolute Gasteiger partial charge is 0.481 e. The van der Waals surface area contributed by atoms with E-state index in [1.54, 1.807) is 19.1 Å². The van der Waals surface area contributed by atoms with Gasteiger partial charge in [0.05, 0.1) is 4.90 Å². The Morgan fingerprint density at radius 1 is 1.07 bits per heavy atom. The highest BCUT2D eigenvalue weighted by Crippen LogP contribution is 2.22. The van der Waals surface area contributed by atoms with E-state index in [2.05, 4.69) is 12.2 Å². The molecule has 1 atom stereocenters. The number of hydrogen-bond acceptors (Lipinski definition) is 4. The summed E-state index contributed by atoms with van der Waals surface area (Å²) in [6.45, 7) is 4.88. The van der Waals surface area contributed by atoms with Crippen molar-refractivity contribution in [2.24, 2.45) is 0 Å². The number of sulfonamides is 1. The van der Waals surface area contributed by atoms with Crippen LogP contribution in [0, 0.1) is 0 Å². The van der Waals surface area contributed by atoms with Crippen LogP contribution in [-0.4, -0.2) is 37.8 Å². The van der Waals surface area contributed by atoms with E-state index in [4.69, 9.17) is 4.74 Å². The fourth-order valence-electron chi connectivity index (χ4n) is 3.09. The van der Waals surface area contributed by atoms with Crippen molar-refractivity contribution >= 4 is 21.6 Å². The predicted octanol–water partition coefficient (Wildman–Crippen LogP) is 3.44. The van der Waals surface area contributed by atoms with Crippen LogP contribution in [0.5, 0.6) is 5.75 Å². The van der Waals surface area contributed by atoms with Gasteiger partial charge in [0.15, 0.2) is 6.10 Å². The second-order valence-corrected chi connectivity index (χ2v) is 8.82. The Morgan fingerprint density at radius 3 is 2.25 bits per heavy atom. The molecule has 2 aromatic rings. The van der Waals surface area contributed by atoms with Crippen molar-refractivity contribution in [1.82, 2.24) is 4.31 Å². The van der Waals surface area contributed by atoms with E-state index < -0.39 is 16.1 Å². The number of ether oxygens (including phenoxy) is 1. The molecule has 0 saturated carbocycles. The van der Waals surface area contributed by atoms with Gasteiger partial charge in [-0.15, -0.1) is 0 Å². The van der Waals surface area contributed by atoms with Crippen LogP contribution in [0.2, 0.25) is 0 Å². The van der Waals surface area contributed by atoms with Gasteiger partial charge in [0.2, 0.25) is 10.0 Å². The van der Waals surface area contributed by atoms with Crippen molar-refractivity contribution in [3.63, 3.8) is 0 Å². The number of hydrogen-bond donors (Lipinski definition) is 1. The van der Waals surface area contributed by atoms with E-state index in [9.17, 15) is 13.2 Å². The molecule has 28 heavy (non-hydrogen) atoms. The van der Waals surface area contributed by atoms with Crippen LogP contribution in [-0.2, 0) is 21.2 Å². The molecule has 0 unspecified atom stereocenters. The van der Waals surface area contributed by atoms with Crippen molar-refractivity contribution in [1.29, 1.82) is 0 Å². The second-order valence-electron chi connectivity index (χ2n) is 6.88. The van der Waals surface area contributed by atoms with Gasteiger partial charge in [0.25, 0.3) is 5.91 Å². The summed E-state index contributed by atoms with van der Waals surface area (Å²) in [6, 6.07) is 13.9. The summed E-state index contributed by atoms with van der Waals surface area (Å²) in [6.07, 6.45) is 2.05. The molecule has 3 rings (SSSR count). The first-order valence-electron chi connectivity index (χ1n) is 9.57. The van der Waals surface area contributed by atoms with Crippen molar-refractivity contribution in [2.75, 3.05) is 18.4 Å². The first kappa shape index (κ1) is 20.4. The summed E-state index contributed by atoms with van der Waals surface area (Å²) in [5, 5.41) is 2.76. The summed E-state index contributed by atoms with van der Waals surface area (Å²) < 4.78 is 32.3. The average molecular weight is 403 g/mol. The third kappa shape index (κ3) is 4.72. The van der Waals surface area contributed by atoms with Gasteiger partial charge in [-0.25, -0.2) is 8.42 Å². The number of rotatable bonds is 7. The van der Waals surface area contributed by atoms with Crippen LogP contribution in [0.3, 0.4) is 0 Å². The molecule has 0 radical (unpaired) electrons. The SMILES string of the molecule is CCc1ccc(O[C@H](C)C(=O)Nc2ccc(S(=O)(=O)N3CCCC3)cc2)cc1. The van der Waals surface area contributed by atoms with Gasteiger partial charge < -0.3 is 10.1 Å². The zero-order valence-corrected chi connectivity index (χ0v) is 17.0. The predicted molar refractivity (Wildman–Crippen MR) is 109 cm³/mol. The molecular formula is C21H26N2O4S. The number of aryl methyl sites for hydroxylation is 1. The maximum Gasteiger partial charge on any atom is 0.265 e. The number of nitrogens with zero attached hydrogens (tertiary/aromatic N) is 1. The molecule has 1 saturated heterocycles. The maximum absolute atomic E-state index is 12.5. The summed E-state index contributed by atoms with van der Waals surface area (Å²) in [5.74, 6) is 0.335. The van der Waals surface area contributed by atoms with E-state index in [0.29, 0.717) is 24.5 Å². The fraction of sp³-hybridized carbons (Fsp3) is 0.381. The number of carbonyl (C=O) groups excluding carboxylic acids is 1. The molecule has 1 heterocycles. The molecule has 150 valence electrons. The third-order valence-electron chi connectivity index (χ3n) is 4.84. The Hall–Kier alpha value is -2.38. The number of benzene rings is 2.